The standard InChI is InChI=1S/C16H26BO2.C10H23N/c1-2-3-4-5-6-7-8-12-15-19-17(18)16-13-10-9-11-14-16;1-3-5-7-9-11-10-8-6-4-2/h9-11,13-14H,2-8,12,15H2,1H3;11H,3-10H2,1-2H3/q-1;/p+1. The molecule has 0 fully saturated rings. The van der Waals surface area contributed by atoms with Gasteiger partial charge in [0.15, 0.2) is 0 Å². The van der Waals surface area contributed by atoms with Crippen molar-refractivity contribution in [3.8, 4) is 0 Å². The number of nitrogens with two attached hydrogens (primary N) is 1. The number of unbranched alkanes of at least 4 members (excludes halogenated alkanes) is 11. The summed E-state index contributed by atoms with van der Waals surface area (Å²) in [5, 5.41) is 14.2. The van der Waals surface area contributed by atoms with E-state index in [-0.39, 0.29) is 0 Å². The van der Waals surface area contributed by atoms with Crippen LogP contribution in [0.5, 0.6) is 0 Å². The van der Waals surface area contributed by atoms with Gasteiger partial charge in [0.2, 0.25) is 7.12 Å². The summed E-state index contributed by atoms with van der Waals surface area (Å²) in [7, 11) is -1.02. The lowest BCUT2D eigenvalue weighted by Crippen LogP contribution is -2.84. The number of quaternary nitrogens is 1. The predicted octanol–water partition coefficient (Wildman–Crippen LogP) is 4.83. The van der Waals surface area contributed by atoms with Gasteiger partial charge in [-0.1, -0.05) is 114 Å². The van der Waals surface area contributed by atoms with Crippen LogP contribution in [0.3, 0.4) is 0 Å². The van der Waals surface area contributed by atoms with Crippen molar-refractivity contribution in [2.45, 2.75) is 111 Å². The Hall–Kier alpha value is -0.835. The van der Waals surface area contributed by atoms with Crippen LogP contribution in [0, 0.1) is 0 Å². The zero-order valence-corrected chi connectivity index (χ0v) is 20.4. The van der Waals surface area contributed by atoms with Crippen LogP contribution < -0.4 is 15.8 Å². The van der Waals surface area contributed by atoms with Crippen molar-refractivity contribution in [2.24, 2.45) is 0 Å². The molecule has 0 heterocycles. The van der Waals surface area contributed by atoms with Gasteiger partial charge in [-0.05, 0) is 32.1 Å². The monoisotopic (exact) mass is 419 g/mol. The Morgan fingerprint density at radius 3 is 1.67 bits per heavy atom. The van der Waals surface area contributed by atoms with Crippen molar-refractivity contribution in [1.29, 1.82) is 0 Å². The Bertz CT molecular complexity index is 422. The second kappa shape index (κ2) is 24.4. The Morgan fingerprint density at radius 2 is 1.13 bits per heavy atom. The average Bonchev–Trinajstić information content (AvgIpc) is 2.78. The summed E-state index contributed by atoms with van der Waals surface area (Å²) in [4.78, 5) is 0. The smallest absolute Gasteiger partial charge is 0.217 e. The van der Waals surface area contributed by atoms with Crippen LogP contribution in [-0.4, -0.2) is 26.8 Å². The fourth-order valence-electron chi connectivity index (χ4n) is 3.35. The lowest BCUT2D eigenvalue weighted by molar-refractivity contribution is -0.655. The first kappa shape index (κ1) is 29.2. The molecule has 0 aliphatic rings. The normalized spacial score (nSPS) is 10.5. The molecule has 0 unspecified atom stereocenters. The molecule has 1 rings (SSSR count). The van der Waals surface area contributed by atoms with Crippen LogP contribution in [0.2, 0.25) is 0 Å². The van der Waals surface area contributed by atoms with Crippen LogP contribution >= 0.6 is 0 Å². The van der Waals surface area contributed by atoms with Crippen LogP contribution in [0.25, 0.3) is 0 Å². The molecule has 2 N–H and O–H groups in total. The van der Waals surface area contributed by atoms with E-state index < -0.39 is 7.12 Å². The molecule has 0 aromatic heterocycles. The summed E-state index contributed by atoms with van der Waals surface area (Å²) < 4.78 is 5.32. The van der Waals surface area contributed by atoms with E-state index in [1.807, 2.05) is 30.3 Å². The van der Waals surface area contributed by atoms with Gasteiger partial charge in [0.05, 0.1) is 13.1 Å². The summed E-state index contributed by atoms with van der Waals surface area (Å²) in [5.74, 6) is 0. The predicted molar refractivity (Wildman–Crippen MR) is 131 cm³/mol. The van der Waals surface area contributed by atoms with Gasteiger partial charge in [0.25, 0.3) is 0 Å². The molecular formula is C26H50BNO2. The van der Waals surface area contributed by atoms with Crippen molar-refractivity contribution < 1.29 is 15.0 Å². The van der Waals surface area contributed by atoms with Crippen LogP contribution in [0.1, 0.15) is 111 Å². The van der Waals surface area contributed by atoms with Crippen molar-refractivity contribution in [2.75, 3.05) is 19.7 Å². The van der Waals surface area contributed by atoms with E-state index in [9.17, 15) is 5.02 Å². The molecule has 0 aliphatic heterocycles. The highest BCUT2D eigenvalue weighted by Gasteiger charge is 2.01. The summed E-state index contributed by atoms with van der Waals surface area (Å²) >= 11 is 0. The van der Waals surface area contributed by atoms with Gasteiger partial charge < -0.3 is 15.0 Å². The lowest BCUT2D eigenvalue weighted by atomic mass is 9.80. The summed E-state index contributed by atoms with van der Waals surface area (Å²) in [5.41, 5.74) is 0.724. The fraction of sp³-hybridized carbons (Fsp3) is 0.769. The van der Waals surface area contributed by atoms with Crippen LogP contribution in [0.4, 0.5) is 0 Å². The maximum absolute atomic E-state index is 11.7. The molecule has 0 atom stereocenters. The molecule has 1 aromatic carbocycles. The zero-order valence-electron chi connectivity index (χ0n) is 20.4. The number of rotatable bonds is 19. The molecule has 0 bridgehead atoms. The van der Waals surface area contributed by atoms with E-state index in [2.05, 4.69) is 26.1 Å². The molecular weight excluding hydrogens is 369 g/mol. The van der Waals surface area contributed by atoms with E-state index >= 15 is 0 Å². The highest BCUT2D eigenvalue weighted by atomic mass is 16.5. The molecule has 3 nitrogen and oxygen atoms in total. The highest BCUT2D eigenvalue weighted by molar-refractivity contribution is 6.58. The van der Waals surface area contributed by atoms with Gasteiger partial charge in [0.1, 0.15) is 0 Å². The van der Waals surface area contributed by atoms with Crippen molar-refractivity contribution in [3.05, 3.63) is 30.3 Å². The average molecular weight is 420 g/mol. The van der Waals surface area contributed by atoms with Crippen molar-refractivity contribution in [1.82, 2.24) is 0 Å². The summed E-state index contributed by atoms with van der Waals surface area (Å²) in [6.45, 7) is 10.0. The van der Waals surface area contributed by atoms with Gasteiger partial charge in [-0.15, -0.1) is 0 Å². The second-order valence-corrected chi connectivity index (χ2v) is 8.37. The van der Waals surface area contributed by atoms with Gasteiger partial charge in [0, 0.05) is 6.61 Å². The third-order valence-electron chi connectivity index (χ3n) is 5.36. The number of hydrogen-bond donors (Lipinski definition) is 1. The minimum atomic E-state index is -1.02. The third-order valence-corrected chi connectivity index (χ3v) is 5.36. The Labute approximate surface area is 188 Å². The third kappa shape index (κ3) is 20.4. The first-order chi connectivity index (χ1) is 14.8. The van der Waals surface area contributed by atoms with Gasteiger partial charge in [-0.3, -0.25) is 0 Å². The van der Waals surface area contributed by atoms with E-state index in [1.165, 1.54) is 96.6 Å². The van der Waals surface area contributed by atoms with Crippen molar-refractivity contribution in [3.63, 3.8) is 0 Å². The zero-order chi connectivity index (χ0) is 22.1. The van der Waals surface area contributed by atoms with E-state index in [4.69, 9.17) is 4.65 Å². The number of benzene rings is 1. The van der Waals surface area contributed by atoms with Gasteiger partial charge >= 0.3 is 0 Å². The largest absolute Gasteiger partial charge is 0.853 e. The minimum absolute atomic E-state index is 0.581. The highest BCUT2D eigenvalue weighted by Crippen LogP contribution is 2.08. The Balaban J connectivity index is 0.000000654. The van der Waals surface area contributed by atoms with Gasteiger partial charge in [-0.2, -0.15) is 0 Å². The first-order valence-corrected chi connectivity index (χ1v) is 12.9. The maximum atomic E-state index is 11.7. The Morgan fingerprint density at radius 1 is 0.667 bits per heavy atom. The van der Waals surface area contributed by atoms with E-state index in [1.54, 1.807) is 0 Å². The maximum Gasteiger partial charge on any atom is 0.217 e. The molecule has 0 spiro atoms. The Kier molecular flexibility index (Phi) is 23.8. The summed E-state index contributed by atoms with van der Waals surface area (Å²) in [6, 6.07) is 9.31. The van der Waals surface area contributed by atoms with E-state index in [0.717, 1.165) is 11.9 Å². The fourth-order valence-corrected chi connectivity index (χ4v) is 3.35. The molecule has 1 aromatic rings. The van der Waals surface area contributed by atoms with E-state index in [0.29, 0.717) is 6.61 Å². The van der Waals surface area contributed by atoms with Crippen molar-refractivity contribution >= 4 is 12.6 Å². The molecule has 0 amide bonds. The molecule has 0 saturated carbocycles. The molecule has 30 heavy (non-hydrogen) atoms. The molecule has 4 heteroatoms. The summed E-state index contributed by atoms with van der Waals surface area (Å²) in [6.07, 6.45) is 18.5. The number of hydrogen-bond acceptors (Lipinski definition) is 2. The SMILES string of the molecule is CCCCCCCCCCOB([O-])c1ccccc1.CCCCC[NH2+]CCCCC. The molecule has 174 valence electrons. The molecule has 0 saturated heterocycles. The van der Waals surface area contributed by atoms with Crippen LogP contribution in [0.15, 0.2) is 30.3 Å². The first-order valence-electron chi connectivity index (χ1n) is 12.9. The van der Waals surface area contributed by atoms with Gasteiger partial charge in [-0.25, -0.2) is 0 Å². The topological polar surface area (TPSA) is 48.9 Å². The minimum Gasteiger partial charge on any atom is -0.853 e. The quantitative estimate of drug-likeness (QED) is 0.258. The molecule has 0 aliphatic carbocycles. The lowest BCUT2D eigenvalue weighted by Gasteiger charge is -2.19. The second-order valence-electron chi connectivity index (χ2n) is 8.37. The van der Waals surface area contributed by atoms with Crippen LogP contribution in [-0.2, 0) is 4.65 Å². The molecule has 0 radical (unpaired) electrons.